The summed E-state index contributed by atoms with van der Waals surface area (Å²) in [6, 6.07) is 21.2. The molecule has 0 radical (unpaired) electrons. The van der Waals surface area contributed by atoms with Crippen LogP contribution in [0.3, 0.4) is 0 Å². The maximum Gasteiger partial charge on any atom is 0.305 e. The SMILES string of the molecule is COC(=O)CCCC[C@@H](O)[C@@H]1CC[C@@H](CO[Si](c2ccccc2)(c2ccccc2)C(C)(C)C)O1. The third-order valence-corrected chi connectivity index (χ3v) is 11.8. The molecule has 0 spiro atoms. The number of carbonyl (C=O) groups excluding carboxylic acids is 1. The van der Waals surface area contributed by atoms with Gasteiger partial charge in [-0.25, -0.2) is 0 Å². The van der Waals surface area contributed by atoms with Crippen molar-refractivity contribution < 1.29 is 23.8 Å². The molecule has 34 heavy (non-hydrogen) atoms. The predicted molar refractivity (Wildman–Crippen MR) is 138 cm³/mol. The number of benzene rings is 2. The first-order valence-corrected chi connectivity index (χ1v) is 14.3. The maximum absolute atomic E-state index is 11.3. The minimum atomic E-state index is -2.59. The summed E-state index contributed by atoms with van der Waals surface area (Å²) in [7, 11) is -1.19. The Morgan fingerprint density at radius 2 is 1.62 bits per heavy atom. The fourth-order valence-electron chi connectivity index (χ4n) is 5.03. The van der Waals surface area contributed by atoms with Crippen LogP contribution in [0.4, 0.5) is 0 Å². The molecule has 1 aliphatic rings. The van der Waals surface area contributed by atoms with Crippen LogP contribution in [-0.4, -0.2) is 51.4 Å². The van der Waals surface area contributed by atoms with Gasteiger partial charge in [0.05, 0.1) is 32.0 Å². The van der Waals surface area contributed by atoms with E-state index in [0.717, 1.165) is 25.7 Å². The smallest absolute Gasteiger partial charge is 0.305 e. The highest BCUT2D eigenvalue weighted by atomic mass is 28.4. The van der Waals surface area contributed by atoms with Crippen molar-refractivity contribution in [3.63, 3.8) is 0 Å². The molecule has 0 aliphatic carbocycles. The monoisotopic (exact) mass is 484 g/mol. The number of esters is 1. The standard InChI is InChI=1S/C28H40O5Si/c1-28(2,3)34(23-13-7-5-8-14-23,24-15-9-6-10-16-24)32-21-22-19-20-26(33-22)25(29)17-11-12-18-27(30)31-4/h5-10,13-16,22,25-26,29H,11-12,17-21H2,1-4H3/t22-,25+,26-/m0/s1. The minimum Gasteiger partial charge on any atom is -0.469 e. The molecule has 1 heterocycles. The zero-order valence-electron chi connectivity index (χ0n) is 21.0. The third kappa shape index (κ3) is 6.36. The van der Waals surface area contributed by atoms with Crippen molar-refractivity contribution in [1.82, 2.24) is 0 Å². The van der Waals surface area contributed by atoms with Gasteiger partial charge in [0.25, 0.3) is 8.32 Å². The molecule has 5 nitrogen and oxygen atoms in total. The van der Waals surface area contributed by atoms with Gasteiger partial charge in [-0.15, -0.1) is 0 Å². The predicted octanol–water partition coefficient (Wildman–Crippen LogP) is 4.20. The van der Waals surface area contributed by atoms with Gasteiger partial charge in [0, 0.05) is 6.42 Å². The Balaban J connectivity index is 1.67. The van der Waals surface area contributed by atoms with Crippen LogP contribution in [0.15, 0.2) is 60.7 Å². The minimum absolute atomic E-state index is 0.0311. The molecule has 2 aromatic rings. The van der Waals surface area contributed by atoms with Crippen LogP contribution in [0.25, 0.3) is 0 Å². The number of methoxy groups -OCH3 is 1. The lowest BCUT2D eigenvalue weighted by Crippen LogP contribution is -2.67. The Hall–Kier alpha value is -1.99. The van der Waals surface area contributed by atoms with Crippen LogP contribution in [0.1, 0.15) is 59.3 Å². The number of carbonyl (C=O) groups is 1. The summed E-state index contributed by atoms with van der Waals surface area (Å²) in [6.45, 7) is 7.33. The highest BCUT2D eigenvalue weighted by Crippen LogP contribution is 2.37. The van der Waals surface area contributed by atoms with Crippen molar-refractivity contribution in [2.45, 2.75) is 82.6 Å². The van der Waals surface area contributed by atoms with Gasteiger partial charge in [-0.3, -0.25) is 4.79 Å². The van der Waals surface area contributed by atoms with Crippen molar-refractivity contribution >= 4 is 24.7 Å². The van der Waals surface area contributed by atoms with E-state index in [1.807, 2.05) is 12.1 Å². The number of hydrogen-bond donors (Lipinski definition) is 1. The Morgan fingerprint density at radius 1 is 1.03 bits per heavy atom. The van der Waals surface area contributed by atoms with Crippen molar-refractivity contribution in [2.24, 2.45) is 0 Å². The summed E-state index contributed by atoms with van der Waals surface area (Å²) < 4.78 is 17.9. The third-order valence-electron chi connectivity index (χ3n) is 6.83. The molecule has 3 rings (SSSR count). The molecule has 1 N–H and O–H groups in total. The van der Waals surface area contributed by atoms with E-state index in [0.29, 0.717) is 19.4 Å². The van der Waals surface area contributed by atoms with E-state index >= 15 is 0 Å². The van der Waals surface area contributed by atoms with E-state index in [2.05, 4.69) is 74.0 Å². The summed E-state index contributed by atoms with van der Waals surface area (Å²) in [5, 5.41) is 13.1. The number of rotatable bonds is 11. The molecule has 1 fully saturated rings. The molecule has 6 heteroatoms. The number of aliphatic hydroxyl groups excluding tert-OH is 1. The lowest BCUT2D eigenvalue weighted by atomic mass is 10.0. The Kier molecular flexibility index (Phi) is 9.48. The molecular formula is C28H40O5Si. The fourth-order valence-corrected chi connectivity index (χ4v) is 9.62. The largest absolute Gasteiger partial charge is 0.469 e. The molecule has 2 aromatic carbocycles. The maximum atomic E-state index is 11.3. The van der Waals surface area contributed by atoms with E-state index < -0.39 is 14.4 Å². The summed E-state index contributed by atoms with van der Waals surface area (Å²) >= 11 is 0. The molecule has 186 valence electrons. The average Bonchev–Trinajstić information content (AvgIpc) is 3.31. The van der Waals surface area contributed by atoms with Crippen LogP contribution >= 0.6 is 0 Å². The van der Waals surface area contributed by atoms with E-state index in [4.69, 9.17) is 9.16 Å². The van der Waals surface area contributed by atoms with Crippen molar-refractivity contribution in [2.75, 3.05) is 13.7 Å². The number of hydrogen-bond acceptors (Lipinski definition) is 5. The van der Waals surface area contributed by atoms with Crippen LogP contribution in [-0.2, 0) is 18.7 Å². The van der Waals surface area contributed by atoms with Gasteiger partial charge < -0.3 is 19.0 Å². The molecule has 0 amide bonds. The molecule has 1 aliphatic heterocycles. The second-order valence-electron chi connectivity index (χ2n) is 10.2. The zero-order valence-corrected chi connectivity index (χ0v) is 22.0. The van der Waals surface area contributed by atoms with E-state index in [1.165, 1.54) is 17.5 Å². The van der Waals surface area contributed by atoms with Gasteiger partial charge in [0.15, 0.2) is 0 Å². The number of aliphatic hydroxyl groups is 1. The zero-order chi connectivity index (χ0) is 24.6. The van der Waals surface area contributed by atoms with Crippen LogP contribution in [0.2, 0.25) is 5.04 Å². The Morgan fingerprint density at radius 3 is 2.15 bits per heavy atom. The highest BCUT2D eigenvalue weighted by molar-refractivity contribution is 6.99. The second kappa shape index (κ2) is 12.1. The molecule has 0 saturated carbocycles. The first-order valence-electron chi connectivity index (χ1n) is 12.4. The van der Waals surface area contributed by atoms with Gasteiger partial charge in [0.2, 0.25) is 0 Å². The lowest BCUT2D eigenvalue weighted by Gasteiger charge is -2.43. The highest BCUT2D eigenvalue weighted by Gasteiger charge is 2.50. The quantitative estimate of drug-likeness (QED) is 0.294. The lowest BCUT2D eigenvalue weighted by molar-refractivity contribution is -0.140. The second-order valence-corrected chi connectivity index (χ2v) is 14.5. The topological polar surface area (TPSA) is 65.0 Å². The van der Waals surface area contributed by atoms with Gasteiger partial charge in [-0.05, 0) is 41.1 Å². The van der Waals surface area contributed by atoms with Gasteiger partial charge in [-0.1, -0.05) is 87.9 Å². The van der Waals surface area contributed by atoms with Gasteiger partial charge in [-0.2, -0.15) is 0 Å². The summed E-state index contributed by atoms with van der Waals surface area (Å²) in [5.41, 5.74) is 0. The molecule has 0 aromatic heterocycles. The van der Waals surface area contributed by atoms with E-state index in [-0.39, 0.29) is 23.2 Å². The Labute approximate surface area is 205 Å². The Bertz CT molecular complexity index is 841. The van der Waals surface area contributed by atoms with Crippen molar-refractivity contribution in [3.8, 4) is 0 Å². The normalized spacial score (nSPS) is 19.7. The summed E-state index contributed by atoms with van der Waals surface area (Å²) in [4.78, 5) is 11.3. The first-order chi connectivity index (χ1) is 16.3. The summed E-state index contributed by atoms with van der Waals surface area (Å²) in [6.07, 6.45) is 3.50. The van der Waals surface area contributed by atoms with Crippen LogP contribution in [0.5, 0.6) is 0 Å². The molecule has 0 unspecified atom stereocenters. The van der Waals surface area contributed by atoms with Gasteiger partial charge in [0.1, 0.15) is 0 Å². The number of ether oxygens (including phenoxy) is 2. The van der Waals surface area contributed by atoms with Crippen molar-refractivity contribution in [1.29, 1.82) is 0 Å². The van der Waals surface area contributed by atoms with Crippen molar-refractivity contribution in [3.05, 3.63) is 60.7 Å². The van der Waals surface area contributed by atoms with E-state index in [1.54, 1.807) is 0 Å². The molecule has 3 atom stereocenters. The summed E-state index contributed by atoms with van der Waals surface area (Å²) in [5.74, 6) is -0.202. The van der Waals surface area contributed by atoms with Crippen LogP contribution < -0.4 is 10.4 Å². The molecule has 1 saturated heterocycles. The van der Waals surface area contributed by atoms with Gasteiger partial charge >= 0.3 is 5.97 Å². The first kappa shape index (κ1) is 26.6. The van der Waals surface area contributed by atoms with E-state index in [9.17, 15) is 9.90 Å². The molecular weight excluding hydrogens is 444 g/mol. The molecule has 0 bridgehead atoms. The van der Waals surface area contributed by atoms with Crippen LogP contribution in [0, 0.1) is 0 Å². The average molecular weight is 485 g/mol. The number of unbranched alkanes of at least 4 members (excludes halogenated alkanes) is 1. The fraction of sp³-hybridized carbons (Fsp3) is 0.536.